The van der Waals surface area contributed by atoms with Crippen LogP contribution in [0.4, 0.5) is 32.2 Å². The molecular formula is C20H28ClF6N7S. The maximum absolute atomic E-state index is 13.4. The molecule has 1 aliphatic rings. The third-order valence-electron chi connectivity index (χ3n) is 5.31. The van der Waals surface area contributed by atoms with Gasteiger partial charge in [-0.3, -0.25) is 4.90 Å². The highest BCUT2D eigenvalue weighted by atomic mass is 35.5. The summed E-state index contributed by atoms with van der Waals surface area (Å²) in [5.41, 5.74) is -1.57. The first-order valence-electron chi connectivity index (χ1n) is 10.7. The molecule has 15 heteroatoms. The fourth-order valence-corrected chi connectivity index (χ4v) is 4.25. The Kier molecular flexibility index (Phi) is 9.31. The Morgan fingerprint density at radius 2 is 1.54 bits per heavy atom. The van der Waals surface area contributed by atoms with Gasteiger partial charge >= 0.3 is 12.4 Å². The van der Waals surface area contributed by atoms with Gasteiger partial charge in [0.1, 0.15) is 17.3 Å². The van der Waals surface area contributed by atoms with Crippen molar-refractivity contribution in [2.24, 2.45) is 7.05 Å². The third-order valence-corrected chi connectivity index (χ3v) is 6.41. The number of nitrogens with zero attached hydrogens (tertiary/aromatic N) is 7. The molecule has 0 unspecified atom stereocenters. The lowest BCUT2D eigenvalue weighted by Gasteiger charge is -2.36. The molecule has 0 aromatic carbocycles. The molecule has 1 saturated heterocycles. The van der Waals surface area contributed by atoms with Crippen LogP contribution in [-0.2, 0) is 24.8 Å². The molecule has 0 N–H and O–H groups in total. The molecule has 1 fully saturated rings. The van der Waals surface area contributed by atoms with Crippen LogP contribution in [0.3, 0.4) is 0 Å². The van der Waals surface area contributed by atoms with Crippen LogP contribution in [0.2, 0.25) is 0 Å². The zero-order valence-corrected chi connectivity index (χ0v) is 21.4. The van der Waals surface area contributed by atoms with E-state index < -0.39 is 29.3 Å². The van der Waals surface area contributed by atoms with Crippen molar-refractivity contribution in [3.05, 3.63) is 23.4 Å². The number of anilines is 1. The lowest BCUT2D eigenvalue weighted by Crippen LogP contribution is -2.47. The molecule has 0 amide bonds. The molecule has 2 aromatic rings. The Bertz CT molecular complexity index is 950. The summed E-state index contributed by atoms with van der Waals surface area (Å²) in [6.07, 6.45) is -8.38. The number of aromatic nitrogens is 5. The predicted octanol–water partition coefficient (Wildman–Crippen LogP) is 4.67. The van der Waals surface area contributed by atoms with Crippen molar-refractivity contribution in [2.45, 2.75) is 50.1 Å². The molecule has 0 spiro atoms. The van der Waals surface area contributed by atoms with Crippen LogP contribution in [0.5, 0.6) is 0 Å². The van der Waals surface area contributed by atoms with Gasteiger partial charge in [0.25, 0.3) is 0 Å². The van der Waals surface area contributed by atoms with Gasteiger partial charge in [0, 0.05) is 50.5 Å². The molecular weight excluding hydrogens is 520 g/mol. The van der Waals surface area contributed by atoms with E-state index in [9.17, 15) is 26.3 Å². The van der Waals surface area contributed by atoms with E-state index in [0.29, 0.717) is 31.9 Å². The summed E-state index contributed by atoms with van der Waals surface area (Å²) < 4.78 is 79.4. The molecule has 0 radical (unpaired) electrons. The summed E-state index contributed by atoms with van der Waals surface area (Å²) in [6.45, 7) is 8.35. The Balaban J connectivity index is 0.00000432. The number of piperazine rings is 1. The topological polar surface area (TPSA) is 63.0 Å². The van der Waals surface area contributed by atoms with E-state index in [2.05, 4.69) is 25.1 Å². The summed E-state index contributed by atoms with van der Waals surface area (Å²) in [7, 11) is 1.28. The van der Waals surface area contributed by atoms with Gasteiger partial charge in [0.15, 0.2) is 5.16 Å². The first-order chi connectivity index (χ1) is 15.7. The van der Waals surface area contributed by atoms with Crippen LogP contribution < -0.4 is 4.90 Å². The second kappa shape index (κ2) is 11.1. The number of thioether (sulfide) groups is 1. The maximum atomic E-state index is 13.4. The van der Waals surface area contributed by atoms with Crippen molar-refractivity contribution >= 4 is 30.0 Å². The van der Waals surface area contributed by atoms with Gasteiger partial charge in [-0.15, -0.1) is 22.6 Å². The predicted molar refractivity (Wildman–Crippen MR) is 123 cm³/mol. The second-order valence-electron chi connectivity index (χ2n) is 9.08. The van der Waals surface area contributed by atoms with E-state index in [0.717, 1.165) is 23.6 Å². The van der Waals surface area contributed by atoms with Crippen molar-refractivity contribution in [3.8, 4) is 0 Å². The largest absolute Gasteiger partial charge is 0.451 e. The molecule has 2 aromatic heterocycles. The van der Waals surface area contributed by atoms with Gasteiger partial charge in [0.2, 0.25) is 5.82 Å². The fraction of sp³-hybridized carbons (Fsp3) is 0.700. The minimum atomic E-state index is -4.55. The van der Waals surface area contributed by atoms with Crippen LogP contribution in [0.25, 0.3) is 0 Å². The summed E-state index contributed by atoms with van der Waals surface area (Å²) in [5, 5.41) is 7.01. The third kappa shape index (κ3) is 7.59. The first-order valence-corrected chi connectivity index (χ1v) is 11.7. The van der Waals surface area contributed by atoms with E-state index in [1.54, 1.807) is 20.8 Å². The summed E-state index contributed by atoms with van der Waals surface area (Å²) in [6, 6.07) is 0.998. The molecule has 3 rings (SSSR count). The second-order valence-corrected chi connectivity index (χ2v) is 10.1. The Morgan fingerprint density at radius 3 is 2.06 bits per heavy atom. The van der Waals surface area contributed by atoms with Crippen LogP contribution in [0.1, 0.15) is 44.5 Å². The molecule has 198 valence electrons. The minimum Gasteiger partial charge on any atom is -0.354 e. The Labute approximate surface area is 210 Å². The van der Waals surface area contributed by atoms with E-state index >= 15 is 0 Å². The number of hydrogen-bond acceptors (Lipinski definition) is 7. The molecule has 0 aliphatic carbocycles. The van der Waals surface area contributed by atoms with Crippen LogP contribution in [0, 0.1) is 0 Å². The standard InChI is InChI=1S/C20H27F6N7S.ClH/c1-18(2,3)15-27-13(19(21,22)23)12-14(28-15)33-9-7-32(8-10-33)6-5-11-34-17-30-29-16(31(17)4)20(24,25)26;/h12H,5-11H2,1-4H3;1H. The SMILES string of the molecule is Cl.Cn1c(SCCCN2CCN(c3cc(C(F)(F)F)nc(C(C)(C)C)n3)CC2)nnc1C(F)(F)F. The Hall–Kier alpha value is -1.80. The van der Waals surface area contributed by atoms with Gasteiger partial charge in [0.05, 0.1) is 0 Å². The van der Waals surface area contributed by atoms with Gasteiger partial charge in [-0.05, 0) is 13.0 Å². The van der Waals surface area contributed by atoms with E-state index in [1.807, 2.05) is 4.90 Å². The van der Waals surface area contributed by atoms with Crippen molar-refractivity contribution in [1.82, 2.24) is 29.6 Å². The molecule has 7 nitrogen and oxygen atoms in total. The molecule has 0 bridgehead atoms. The summed E-state index contributed by atoms with van der Waals surface area (Å²) >= 11 is 1.21. The van der Waals surface area contributed by atoms with Crippen LogP contribution >= 0.6 is 24.2 Å². The van der Waals surface area contributed by atoms with Gasteiger partial charge in [-0.1, -0.05) is 32.5 Å². The summed E-state index contributed by atoms with van der Waals surface area (Å²) in [5.74, 6) is -0.0431. The lowest BCUT2D eigenvalue weighted by molar-refractivity contribution is -0.147. The fourth-order valence-electron chi connectivity index (χ4n) is 3.42. The maximum Gasteiger partial charge on any atom is 0.451 e. The van der Waals surface area contributed by atoms with Crippen molar-refractivity contribution in [3.63, 3.8) is 0 Å². The lowest BCUT2D eigenvalue weighted by atomic mass is 9.95. The first kappa shape index (κ1) is 29.4. The smallest absolute Gasteiger partial charge is 0.354 e. The molecule has 0 atom stereocenters. The quantitative estimate of drug-likeness (QED) is 0.296. The molecule has 1 aliphatic heterocycles. The Morgan fingerprint density at radius 1 is 0.914 bits per heavy atom. The van der Waals surface area contributed by atoms with Gasteiger partial charge in [-0.2, -0.15) is 26.3 Å². The average Bonchev–Trinajstić information content (AvgIpc) is 3.11. The molecule has 0 saturated carbocycles. The van der Waals surface area contributed by atoms with Crippen molar-refractivity contribution in [2.75, 3.05) is 43.4 Å². The zero-order chi connectivity index (χ0) is 25.3. The van der Waals surface area contributed by atoms with Gasteiger partial charge < -0.3 is 9.47 Å². The van der Waals surface area contributed by atoms with Crippen LogP contribution in [-0.4, -0.2) is 68.1 Å². The van der Waals surface area contributed by atoms with E-state index in [-0.39, 0.29) is 29.2 Å². The highest BCUT2D eigenvalue weighted by Gasteiger charge is 2.38. The highest BCUT2D eigenvalue weighted by molar-refractivity contribution is 7.99. The normalized spacial score (nSPS) is 15.9. The highest BCUT2D eigenvalue weighted by Crippen LogP contribution is 2.32. The molecule has 3 heterocycles. The zero-order valence-electron chi connectivity index (χ0n) is 19.7. The average molecular weight is 548 g/mol. The summed E-state index contributed by atoms with van der Waals surface area (Å²) in [4.78, 5) is 12.1. The monoisotopic (exact) mass is 547 g/mol. The number of halogens is 7. The van der Waals surface area contributed by atoms with E-state index in [1.165, 1.54) is 18.8 Å². The molecule has 35 heavy (non-hydrogen) atoms. The minimum absolute atomic E-state index is 0. The van der Waals surface area contributed by atoms with E-state index in [4.69, 9.17) is 0 Å². The number of hydrogen-bond donors (Lipinski definition) is 0. The van der Waals surface area contributed by atoms with Crippen LogP contribution in [0.15, 0.2) is 11.2 Å². The van der Waals surface area contributed by atoms with Gasteiger partial charge in [-0.25, -0.2) is 9.97 Å². The number of rotatable bonds is 6. The van der Waals surface area contributed by atoms with Crippen molar-refractivity contribution < 1.29 is 26.3 Å². The number of alkyl halides is 6. The van der Waals surface area contributed by atoms with Crippen molar-refractivity contribution in [1.29, 1.82) is 0 Å².